The van der Waals surface area contributed by atoms with Crippen LogP contribution in [-0.4, -0.2) is 20.4 Å². The molecule has 7 heteroatoms. The van der Waals surface area contributed by atoms with Gasteiger partial charge in [0, 0.05) is 28.2 Å². The second kappa shape index (κ2) is 8.31. The third kappa shape index (κ3) is 3.86. The summed E-state index contributed by atoms with van der Waals surface area (Å²) in [4.78, 5) is 22.3. The van der Waals surface area contributed by atoms with Crippen molar-refractivity contribution in [3.8, 4) is 6.07 Å². The molecule has 0 radical (unpaired) electrons. The molecule has 0 unspecified atom stereocenters. The number of amides is 1. The molecule has 0 fully saturated rings. The van der Waals surface area contributed by atoms with Gasteiger partial charge >= 0.3 is 0 Å². The van der Waals surface area contributed by atoms with Gasteiger partial charge in [-0.1, -0.05) is 6.07 Å². The molecule has 0 aliphatic rings. The molecular formula is C23H19N5OS. The van der Waals surface area contributed by atoms with Crippen molar-refractivity contribution in [2.45, 2.75) is 20.4 Å². The van der Waals surface area contributed by atoms with Gasteiger partial charge < -0.3 is 9.88 Å². The highest BCUT2D eigenvalue weighted by Crippen LogP contribution is 2.30. The molecule has 0 bridgehead atoms. The largest absolute Gasteiger partial charge is 0.321 e. The Bertz CT molecular complexity index is 1280. The molecule has 0 spiro atoms. The van der Waals surface area contributed by atoms with Gasteiger partial charge in [-0.05, 0) is 55.1 Å². The number of aromatic nitrogens is 3. The number of fused-ring (bicyclic) bond motifs is 1. The molecule has 6 nitrogen and oxygen atoms in total. The van der Waals surface area contributed by atoms with Crippen molar-refractivity contribution in [3.63, 3.8) is 0 Å². The number of aryl methyl sites for hydroxylation is 2. The number of nitriles is 1. The Morgan fingerprint density at radius 1 is 1.33 bits per heavy atom. The first kappa shape index (κ1) is 19.6. The van der Waals surface area contributed by atoms with Crippen LogP contribution in [0.1, 0.15) is 27.4 Å². The predicted molar refractivity (Wildman–Crippen MR) is 119 cm³/mol. The van der Waals surface area contributed by atoms with Gasteiger partial charge in [-0.25, -0.2) is 4.98 Å². The third-order valence-electron chi connectivity index (χ3n) is 4.71. The molecular weight excluding hydrogens is 394 g/mol. The van der Waals surface area contributed by atoms with Crippen LogP contribution in [0.25, 0.3) is 17.1 Å². The second-order valence-electron chi connectivity index (χ2n) is 6.88. The molecule has 4 aromatic rings. The van der Waals surface area contributed by atoms with Crippen LogP contribution < -0.4 is 5.32 Å². The van der Waals surface area contributed by atoms with Crippen molar-refractivity contribution in [1.29, 1.82) is 5.26 Å². The standard InChI is InChI=1S/C23H19N5OS/c1-15-11-16(2)26-23-22(15)19(12-24)20(28(23)14-18-6-4-10-30-18)7-8-21(29)27-17-5-3-9-25-13-17/h3-11,13H,14H2,1-2H3,(H,27,29)/b8-7+. The summed E-state index contributed by atoms with van der Waals surface area (Å²) >= 11 is 1.64. The molecule has 1 amide bonds. The minimum absolute atomic E-state index is 0.291. The van der Waals surface area contributed by atoms with E-state index in [9.17, 15) is 10.1 Å². The smallest absolute Gasteiger partial charge is 0.248 e. The Kier molecular flexibility index (Phi) is 5.42. The zero-order valence-electron chi connectivity index (χ0n) is 16.6. The van der Waals surface area contributed by atoms with Crippen LogP contribution in [0.5, 0.6) is 0 Å². The first-order chi connectivity index (χ1) is 14.6. The number of anilines is 1. The number of nitrogens with zero attached hydrogens (tertiary/aromatic N) is 4. The number of carbonyl (C=O) groups excluding carboxylic acids is 1. The summed E-state index contributed by atoms with van der Waals surface area (Å²) in [5, 5.41) is 15.5. The van der Waals surface area contributed by atoms with E-state index in [1.807, 2.05) is 42.0 Å². The van der Waals surface area contributed by atoms with Crippen LogP contribution in [-0.2, 0) is 11.3 Å². The highest BCUT2D eigenvalue weighted by atomic mass is 32.1. The van der Waals surface area contributed by atoms with Crippen molar-refractivity contribution in [2.75, 3.05) is 5.32 Å². The highest BCUT2D eigenvalue weighted by molar-refractivity contribution is 7.09. The maximum Gasteiger partial charge on any atom is 0.248 e. The van der Waals surface area contributed by atoms with E-state index in [1.54, 1.807) is 41.9 Å². The maximum atomic E-state index is 12.4. The van der Waals surface area contributed by atoms with Crippen LogP contribution in [0.2, 0.25) is 0 Å². The van der Waals surface area contributed by atoms with Crippen molar-refractivity contribution >= 4 is 40.0 Å². The summed E-state index contributed by atoms with van der Waals surface area (Å²) in [6.07, 6.45) is 6.35. The van der Waals surface area contributed by atoms with Crippen LogP contribution in [0.15, 0.2) is 54.2 Å². The van der Waals surface area contributed by atoms with Gasteiger partial charge in [-0.15, -0.1) is 11.3 Å². The topological polar surface area (TPSA) is 83.6 Å². The number of carbonyl (C=O) groups is 1. The van der Waals surface area contributed by atoms with Gasteiger partial charge in [0.1, 0.15) is 11.7 Å². The van der Waals surface area contributed by atoms with E-state index in [0.717, 1.165) is 27.2 Å². The monoisotopic (exact) mass is 413 g/mol. The van der Waals surface area contributed by atoms with E-state index < -0.39 is 0 Å². The van der Waals surface area contributed by atoms with Crippen LogP contribution in [0.4, 0.5) is 5.69 Å². The van der Waals surface area contributed by atoms with Crippen LogP contribution in [0, 0.1) is 25.2 Å². The third-order valence-corrected chi connectivity index (χ3v) is 5.57. The van der Waals surface area contributed by atoms with Gasteiger partial charge in [-0.2, -0.15) is 5.26 Å². The summed E-state index contributed by atoms with van der Waals surface area (Å²) in [7, 11) is 0. The first-order valence-corrected chi connectivity index (χ1v) is 10.3. The zero-order valence-corrected chi connectivity index (χ0v) is 17.4. The predicted octanol–water partition coefficient (Wildman–Crippen LogP) is 4.68. The molecule has 4 aromatic heterocycles. The van der Waals surface area contributed by atoms with Gasteiger partial charge in [0.25, 0.3) is 0 Å². The lowest BCUT2D eigenvalue weighted by Gasteiger charge is -2.07. The molecule has 1 N–H and O–H groups in total. The van der Waals surface area contributed by atoms with Gasteiger partial charge in [0.05, 0.1) is 29.7 Å². The van der Waals surface area contributed by atoms with Crippen LogP contribution >= 0.6 is 11.3 Å². The van der Waals surface area contributed by atoms with E-state index in [2.05, 4.69) is 16.4 Å². The van der Waals surface area contributed by atoms with Crippen molar-refractivity contribution < 1.29 is 4.79 Å². The summed E-state index contributed by atoms with van der Waals surface area (Å²) < 4.78 is 2.01. The molecule has 0 atom stereocenters. The van der Waals surface area contributed by atoms with Gasteiger partial charge in [0.15, 0.2) is 0 Å². The summed E-state index contributed by atoms with van der Waals surface area (Å²) in [5.74, 6) is -0.291. The number of nitrogens with one attached hydrogen (secondary N) is 1. The number of pyridine rings is 2. The maximum absolute atomic E-state index is 12.4. The van der Waals surface area contributed by atoms with Crippen molar-refractivity contribution in [3.05, 3.63) is 81.6 Å². The number of hydrogen-bond donors (Lipinski definition) is 1. The summed E-state index contributed by atoms with van der Waals surface area (Å²) in [6, 6.07) is 11.9. The molecule has 0 aromatic carbocycles. The molecule has 4 rings (SSSR count). The molecule has 30 heavy (non-hydrogen) atoms. The Balaban J connectivity index is 1.80. The SMILES string of the molecule is Cc1cc(C)c2c(C#N)c(/C=C/C(=O)Nc3cccnc3)n(Cc3cccs3)c2n1. The fourth-order valence-corrected chi connectivity index (χ4v) is 4.17. The Morgan fingerprint density at radius 3 is 2.90 bits per heavy atom. The average Bonchev–Trinajstić information content (AvgIpc) is 3.34. The Morgan fingerprint density at radius 2 is 2.20 bits per heavy atom. The van der Waals surface area contributed by atoms with Crippen molar-refractivity contribution in [1.82, 2.24) is 14.5 Å². The highest BCUT2D eigenvalue weighted by Gasteiger charge is 2.19. The Hall–Kier alpha value is -3.76. The molecule has 0 aliphatic heterocycles. The van der Waals surface area contributed by atoms with Crippen LogP contribution in [0.3, 0.4) is 0 Å². The minimum atomic E-state index is -0.291. The van der Waals surface area contributed by atoms with E-state index >= 15 is 0 Å². The zero-order chi connectivity index (χ0) is 21.1. The Labute approximate surface area is 178 Å². The normalized spacial score (nSPS) is 11.1. The van der Waals surface area contributed by atoms with E-state index in [4.69, 9.17) is 4.98 Å². The first-order valence-electron chi connectivity index (χ1n) is 9.39. The molecule has 0 saturated carbocycles. The van der Waals surface area contributed by atoms with E-state index in [0.29, 0.717) is 23.5 Å². The summed E-state index contributed by atoms with van der Waals surface area (Å²) in [6.45, 7) is 4.50. The lowest BCUT2D eigenvalue weighted by molar-refractivity contribution is -0.111. The van der Waals surface area contributed by atoms with Gasteiger partial charge in [0.2, 0.25) is 5.91 Å². The lowest BCUT2D eigenvalue weighted by Crippen LogP contribution is -2.08. The quantitative estimate of drug-likeness (QED) is 0.482. The minimum Gasteiger partial charge on any atom is -0.321 e. The fraction of sp³-hybridized carbons (Fsp3) is 0.130. The lowest BCUT2D eigenvalue weighted by atomic mass is 10.1. The number of thiophene rings is 1. The van der Waals surface area contributed by atoms with E-state index in [-0.39, 0.29) is 5.91 Å². The molecule has 0 aliphatic carbocycles. The fourth-order valence-electron chi connectivity index (χ4n) is 3.48. The number of hydrogen-bond acceptors (Lipinski definition) is 5. The van der Waals surface area contributed by atoms with Gasteiger partial charge in [-0.3, -0.25) is 9.78 Å². The average molecular weight is 414 g/mol. The number of rotatable bonds is 5. The molecule has 0 saturated heterocycles. The summed E-state index contributed by atoms with van der Waals surface area (Å²) in [5.41, 5.74) is 4.44. The molecule has 4 heterocycles. The van der Waals surface area contributed by atoms with Crippen molar-refractivity contribution in [2.24, 2.45) is 0 Å². The molecule has 148 valence electrons. The second-order valence-corrected chi connectivity index (χ2v) is 7.91. The van der Waals surface area contributed by atoms with E-state index in [1.165, 1.54) is 6.08 Å².